The van der Waals surface area contributed by atoms with Crippen molar-refractivity contribution in [1.29, 1.82) is 0 Å². The summed E-state index contributed by atoms with van der Waals surface area (Å²) in [5.74, 6) is -0.717. The van der Waals surface area contributed by atoms with Gasteiger partial charge < -0.3 is 10.1 Å². The van der Waals surface area contributed by atoms with Crippen LogP contribution in [0.15, 0.2) is 14.5 Å². The molecule has 0 fully saturated rings. The Labute approximate surface area is 203 Å². The Morgan fingerprint density at radius 1 is 1.26 bits per heavy atom. The number of hydrogen-bond donors (Lipinski definition) is 4. The summed E-state index contributed by atoms with van der Waals surface area (Å²) in [5.41, 5.74) is 0.379. The summed E-state index contributed by atoms with van der Waals surface area (Å²) in [6.07, 6.45) is 1.71. The number of amides is 1. The second kappa shape index (κ2) is 13.2. The van der Waals surface area contributed by atoms with E-state index in [2.05, 4.69) is 10.2 Å². The van der Waals surface area contributed by atoms with Gasteiger partial charge >= 0.3 is 0 Å². The molecule has 1 atom stereocenters. The molecule has 0 saturated heterocycles. The Bertz CT molecular complexity index is 1010. The average molecular weight is 545 g/mol. The van der Waals surface area contributed by atoms with Crippen molar-refractivity contribution in [1.82, 2.24) is 19.7 Å². The van der Waals surface area contributed by atoms with Crippen molar-refractivity contribution >= 4 is 37.3 Å². The quantitative estimate of drug-likeness (QED) is 0.182. The Kier molecular flexibility index (Phi) is 11.3. The number of nitrogens with zero attached hydrogens (tertiary/aromatic N) is 2. The number of methoxy groups -OCH3 is 1. The summed E-state index contributed by atoms with van der Waals surface area (Å²) in [6.45, 7) is 3.27. The second-order valence-corrected chi connectivity index (χ2v) is 12.6. The number of fused-ring (bicyclic) bond motifs is 1. The first-order valence-electron chi connectivity index (χ1n) is 10.8. The predicted molar refractivity (Wildman–Crippen MR) is 121 cm³/mol. The summed E-state index contributed by atoms with van der Waals surface area (Å²) in [5, 5.41) is 19.6. The molecule has 2 heterocycles. The molecule has 196 valence electrons. The number of rotatable bonds is 15. The van der Waals surface area contributed by atoms with Crippen LogP contribution in [0.1, 0.15) is 50.6 Å². The van der Waals surface area contributed by atoms with Crippen molar-refractivity contribution < 1.29 is 41.6 Å². The largest absolute Gasteiger partial charge is 0.385 e. The summed E-state index contributed by atoms with van der Waals surface area (Å²) in [4.78, 5) is 16.5. The van der Waals surface area contributed by atoms with E-state index in [0.717, 1.165) is 0 Å². The van der Waals surface area contributed by atoms with Gasteiger partial charge in [0.15, 0.2) is 0 Å². The van der Waals surface area contributed by atoms with Crippen molar-refractivity contribution in [2.24, 2.45) is 0 Å². The van der Waals surface area contributed by atoms with Gasteiger partial charge in [-0.25, -0.2) is 21.6 Å². The van der Waals surface area contributed by atoms with E-state index in [1.54, 1.807) is 0 Å². The lowest BCUT2D eigenvalue weighted by atomic mass is 10.1. The van der Waals surface area contributed by atoms with Crippen molar-refractivity contribution in [3.8, 4) is 0 Å². The van der Waals surface area contributed by atoms with Crippen LogP contribution in [0.4, 0.5) is 0 Å². The summed E-state index contributed by atoms with van der Waals surface area (Å²) in [6, 6.07) is 0.942. The number of unbranched alkanes of at least 4 members (excludes halogenated alkanes) is 2. The van der Waals surface area contributed by atoms with Crippen molar-refractivity contribution in [2.75, 3.05) is 40.0 Å². The third-order valence-electron chi connectivity index (χ3n) is 5.01. The molecule has 0 unspecified atom stereocenters. The van der Waals surface area contributed by atoms with Gasteiger partial charge in [-0.3, -0.25) is 20.0 Å². The van der Waals surface area contributed by atoms with Crippen LogP contribution in [0.5, 0.6) is 0 Å². The minimum Gasteiger partial charge on any atom is -0.385 e. The molecule has 0 radical (unpaired) electrons. The van der Waals surface area contributed by atoms with Gasteiger partial charge in [-0.2, -0.15) is 4.31 Å². The molecule has 0 bridgehead atoms. The first-order valence-corrected chi connectivity index (χ1v) is 14.5. The molecule has 1 amide bonds. The number of ether oxygens (including phenoxy) is 1. The van der Waals surface area contributed by atoms with Gasteiger partial charge in [0.05, 0.1) is 12.0 Å². The van der Waals surface area contributed by atoms with E-state index in [9.17, 15) is 21.6 Å². The van der Waals surface area contributed by atoms with Gasteiger partial charge in [-0.05, 0) is 31.9 Å². The normalized spacial score (nSPS) is 18.2. The van der Waals surface area contributed by atoms with Gasteiger partial charge in [0, 0.05) is 44.8 Å². The second-order valence-electron chi connectivity index (χ2n) is 7.55. The monoisotopic (exact) mass is 544 g/mol. The maximum Gasteiger partial charge on any atom is 0.273 e. The maximum atomic E-state index is 13.1. The number of sulfonamides is 2. The highest BCUT2D eigenvalue weighted by Gasteiger charge is 2.40. The number of thiophene rings is 1. The SMILES string of the molecule is CCN[C@H]1CN(CCCOC)S(=O)(=O)c2sc(S(=O)(=O)NC(=O)CCCCCON(O)O)cc21. The minimum atomic E-state index is -4.25. The minimum absolute atomic E-state index is 0.0254. The molecule has 13 nitrogen and oxygen atoms in total. The van der Waals surface area contributed by atoms with Crippen LogP contribution >= 0.6 is 11.3 Å². The summed E-state index contributed by atoms with van der Waals surface area (Å²) >= 11 is 0.629. The lowest BCUT2D eigenvalue weighted by molar-refractivity contribution is -0.492. The first-order chi connectivity index (χ1) is 16.0. The summed E-state index contributed by atoms with van der Waals surface area (Å²) < 4.78 is 59.9. The molecule has 0 spiro atoms. The fourth-order valence-electron chi connectivity index (χ4n) is 3.44. The molecule has 0 saturated carbocycles. The van der Waals surface area contributed by atoms with E-state index in [-0.39, 0.29) is 40.6 Å². The van der Waals surface area contributed by atoms with E-state index in [0.29, 0.717) is 55.7 Å². The van der Waals surface area contributed by atoms with Crippen LogP contribution in [-0.2, 0) is 34.4 Å². The van der Waals surface area contributed by atoms with Gasteiger partial charge in [0.25, 0.3) is 20.0 Å². The van der Waals surface area contributed by atoms with Crippen LogP contribution in [0.2, 0.25) is 0 Å². The lowest BCUT2D eigenvalue weighted by Crippen LogP contribution is -2.43. The predicted octanol–water partition coefficient (Wildman–Crippen LogP) is 0.817. The zero-order valence-corrected chi connectivity index (χ0v) is 21.5. The molecule has 0 aliphatic carbocycles. The van der Waals surface area contributed by atoms with Gasteiger partial charge in [0.1, 0.15) is 8.42 Å². The van der Waals surface area contributed by atoms with Crippen LogP contribution < -0.4 is 10.0 Å². The van der Waals surface area contributed by atoms with Gasteiger partial charge in [-0.1, -0.05) is 13.3 Å². The first kappa shape index (κ1) is 29.0. The number of carbonyl (C=O) groups is 1. The fourth-order valence-corrected chi connectivity index (χ4v) is 8.34. The molecule has 4 N–H and O–H groups in total. The lowest BCUT2D eigenvalue weighted by Gasteiger charge is -2.32. The fraction of sp³-hybridized carbons (Fsp3) is 0.722. The van der Waals surface area contributed by atoms with Crippen molar-refractivity contribution in [2.45, 2.75) is 53.5 Å². The molecule has 1 aliphatic heterocycles. The van der Waals surface area contributed by atoms with Crippen LogP contribution in [0.3, 0.4) is 0 Å². The Morgan fingerprint density at radius 2 is 2.00 bits per heavy atom. The van der Waals surface area contributed by atoms with Crippen molar-refractivity contribution in [3.05, 3.63) is 11.6 Å². The molecule has 16 heteroatoms. The van der Waals surface area contributed by atoms with E-state index in [1.165, 1.54) is 17.5 Å². The topological polar surface area (TPSA) is 175 Å². The number of likely N-dealkylation sites (N-methyl/N-ethyl adjacent to an activating group) is 1. The standard InChI is InChI=1S/C18H32N4O9S3/c1-3-19-15-13-21(9-7-10-30-2)34(28,29)18-14(15)12-17(32-18)33(26,27)20-16(23)8-5-4-6-11-31-22(24)25/h12,15,19,24-25H,3-11,13H2,1-2H3,(H,20,23)/t15-/m0/s1. The highest BCUT2D eigenvalue weighted by Crippen LogP contribution is 2.40. The average Bonchev–Trinajstić information content (AvgIpc) is 3.22. The third kappa shape index (κ3) is 7.91. The third-order valence-corrected chi connectivity index (χ3v) is 10.4. The zero-order chi connectivity index (χ0) is 25.4. The zero-order valence-electron chi connectivity index (χ0n) is 19.1. The summed E-state index contributed by atoms with van der Waals surface area (Å²) in [7, 11) is -6.60. The number of nitrogens with one attached hydrogen (secondary N) is 2. The van der Waals surface area contributed by atoms with E-state index < -0.39 is 31.3 Å². The molecule has 1 aromatic heterocycles. The van der Waals surface area contributed by atoms with Gasteiger partial charge in [0.2, 0.25) is 5.91 Å². The van der Waals surface area contributed by atoms with E-state index in [1.807, 2.05) is 11.6 Å². The molecular weight excluding hydrogens is 512 g/mol. The Balaban J connectivity index is 2.10. The van der Waals surface area contributed by atoms with Crippen LogP contribution in [-0.4, -0.2) is 82.8 Å². The Morgan fingerprint density at radius 3 is 2.65 bits per heavy atom. The van der Waals surface area contributed by atoms with Crippen LogP contribution in [0.25, 0.3) is 0 Å². The maximum absolute atomic E-state index is 13.1. The van der Waals surface area contributed by atoms with E-state index >= 15 is 0 Å². The molecular formula is C18H32N4O9S3. The smallest absolute Gasteiger partial charge is 0.273 e. The molecule has 2 rings (SSSR count). The van der Waals surface area contributed by atoms with Crippen LogP contribution in [0, 0.1) is 0 Å². The number of hydrogen-bond acceptors (Lipinski definition) is 12. The highest BCUT2D eigenvalue weighted by molar-refractivity contribution is 7.94. The molecule has 0 aromatic carbocycles. The molecule has 34 heavy (non-hydrogen) atoms. The number of carbonyl (C=O) groups excluding carboxylic acids is 1. The van der Waals surface area contributed by atoms with Crippen molar-refractivity contribution in [3.63, 3.8) is 0 Å². The van der Waals surface area contributed by atoms with E-state index in [4.69, 9.17) is 15.2 Å². The highest BCUT2D eigenvalue weighted by atomic mass is 32.3. The van der Waals surface area contributed by atoms with Gasteiger partial charge in [-0.15, -0.1) is 11.3 Å². The Hall–Kier alpha value is -1.21. The molecule has 1 aliphatic rings. The molecule has 1 aromatic rings.